The normalized spacial score (nSPS) is 16.2. The summed E-state index contributed by atoms with van der Waals surface area (Å²) in [4.78, 5) is 22.3. The highest BCUT2D eigenvalue weighted by Crippen LogP contribution is 2.14. The van der Waals surface area contributed by atoms with Crippen LogP contribution in [0.2, 0.25) is 0 Å². The zero-order valence-electron chi connectivity index (χ0n) is 10.9. The SMILES string of the molecule is CCNC(C)(CCCC(NC)C(N)=O)C(N)=O. The number of nitrogens with two attached hydrogens (primary N) is 2. The van der Waals surface area contributed by atoms with E-state index in [0.29, 0.717) is 25.8 Å². The Morgan fingerprint density at radius 3 is 2.29 bits per heavy atom. The van der Waals surface area contributed by atoms with Gasteiger partial charge < -0.3 is 22.1 Å². The fourth-order valence-corrected chi connectivity index (χ4v) is 1.78. The molecule has 0 fully saturated rings. The number of carbonyl (C=O) groups is 2. The third-order valence-electron chi connectivity index (χ3n) is 2.97. The highest BCUT2D eigenvalue weighted by atomic mass is 16.2. The van der Waals surface area contributed by atoms with Gasteiger partial charge in [0.05, 0.1) is 11.6 Å². The molecule has 6 N–H and O–H groups in total. The molecule has 0 aromatic rings. The van der Waals surface area contributed by atoms with Crippen LogP contribution in [-0.2, 0) is 9.59 Å². The summed E-state index contributed by atoms with van der Waals surface area (Å²) in [6.45, 7) is 4.36. The van der Waals surface area contributed by atoms with Crippen LogP contribution in [0.5, 0.6) is 0 Å². The van der Waals surface area contributed by atoms with Crippen molar-refractivity contribution in [3.05, 3.63) is 0 Å². The van der Waals surface area contributed by atoms with Crippen LogP contribution >= 0.6 is 0 Å². The van der Waals surface area contributed by atoms with Crippen molar-refractivity contribution in [1.82, 2.24) is 10.6 Å². The van der Waals surface area contributed by atoms with Gasteiger partial charge in [0.1, 0.15) is 0 Å². The third-order valence-corrected chi connectivity index (χ3v) is 2.97. The monoisotopic (exact) mass is 244 g/mol. The van der Waals surface area contributed by atoms with Crippen LogP contribution in [0.15, 0.2) is 0 Å². The highest BCUT2D eigenvalue weighted by molar-refractivity contribution is 5.84. The summed E-state index contributed by atoms with van der Waals surface area (Å²) in [5.41, 5.74) is 9.85. The number of likely N-dealkylation sites (N-methyl/N-ethyl adjacent to an activating group) is 2. The number of rotatable bonds is 9. The van der Waals surface area contributed by atoms with Gasteiger partial charge >= 0.3 is 0 Å². The summed E-state index contributed by atoms with van der Waals surface area (Å²) >= 11 is 0. The summed E-state index contributed by atoms with van der Waals surface area (Å²) in [5.74, 6) is -0.754. The van der Waals surface area contributed by atoms with Crippen LogP contribution in [0.1, 0.15) is 33.1 Å². The molecule has 2 amide bonds. The molecule has 0 aromatic heterocycles. The summed E-state index contributed by atoms with van der Waals surface area (Å²) < 4.78 is 0. The quantitative estimate of drug-likeness (QED) is 0.420. The Balaban J connectivity index is 4.23. The molecule has 0 saturated carbocycles. The van der Waals surface area contributed by atoms with E-state index in [-0.39, 0.29) is 17.9 Å². The first-order chi connectivity index (χ1) is 7.87. The van der Waals surface area contributed by atoms with Gasteiger partial charge in [-0.15, -0.1) is 0 Å². The van der Waals surface area contributed by atoms with Gasteiger partial charge in [-0.05, 0) is 39.8 Å². The molecular weight excluding hydrogens is 220 g/mol. The molecule has 6 heteroatoms. The molecule has 0 rings (SSSR count). The molecule has 100 valence electrons. The lowest BCUT2D eigenvalue weighted by Gasteiger charge is -2.27. The van der Waals surface area contributed by atoms with E-state index in [4.69, 9.17) is 11.5 Å². The molecule has 0 aliphatic rings. The lowest BCUT2D eigenvalue weighted by Crippen LogP contribution is -2.53. The Kier molecular flexibility index (Phi) is 6.75. The van der Waals surface area contributed by atoms with E-state index in [1.165, 1.54) is 0 Å². The molecule has 17 heavy (non-hydrogen) atoms. The minimum absolute atomic E-state index is 0.353. The second kappa shape index (κ2) is 7.24. The van der Waals surface area contributed by atoms with Gasteiger partial charge in [-0.25, -0.2) is 0 Å². The highest BCUT2D eigenvalue weighted by Gasteiger charge is 2.29. The molecule has 0 aliphatic carbocycles. The van der Waals surface area contributed by atoms with Crippen LogP contribution in [0.4, 0.5) is 0 Å². The zero-order valence-corrected chi connectivity index (χ0v) is 10.9. The van der Waals surface area contributed by atoms with Gasteiger partial charge in [-0.1, -0.05) is 6.92 Å². The van der Waals surface area contributed by atoms with Gasteiger partial charge in [0.15, 0.2) is 0 Å². The summed E-state index contributed by atoms with van der Waals surface area (Å²) in [5, 5.41) is 5.91. The molecule has 0 aliphatic heterocycles. The minimum atomic E-state index is -0.718. The van der Waals surface area contributed by atoms with Crippen LogP contribution in [0.3, 0.4) is 0 Å². The van der Waals surface area contributed by atoms with Crippen LogP contribution in [-0.4, -0.2) is 37.0 Å². The van der Waals surface area contributed by atoms with E-state index >= 15 is 0 Å². The van der Waals surface area contributed by atoms with Crippen molar-refractivity contribution < 1.29 is 9.59 Å². The first kappa shape index (κ1) is 15.9. The number of primary amides is 2. The van der Waals surface area contributed by atoms with Gasteiger partial charge in [-0.2, -0.15) is 0 Å². The van der Waals surface area contributed by atoms with E-state index in [0.717, 1.165) is 0 Å². The number of hydrogen-bond acceptors (Lipinski definition) is 4. The van der Waals surface area contributed by atoms with Crippen molar-refractivity contribution >= 4 is 11.8 Å². The van der Waals surface area contributed by atoms with Crippen molar-refractivity contribution in [3.8, 4) is 0 Å². The van der Waals surface area contributed by atoms with Gasteiger partial charge in [0.2, 0.25) is 11.8 Å². The molecule has 0 bridgehead atoms. The molecule has 2 unspecified atom stereocenters. The molecule has 0 spiro atoms. The predicted octanol–water partition coefficient (Wildman–Crippen LogP) is -0.916. The Hall–Kier alpha value is -1.14. The van der Waals surface area contributed by atoms with Gasteiger partial charge in [0, 0.05) is 0 Å². The maximum absolute atomic E-state index is 11.3. The number of hydrogen-bond donors (Lipinski definition) is 4. The number of carbonyl (C=O) groups excluding carboxylic acids is 2. The largest absolute Gasteiger partial charge is 0.368 e. The molecule has 0 aromatic carbocycles. The van der Waals surface area contributed by atoms with Crippen LogP contribution in [0, 0.1) is 0 Å². The Labute approximate surface area is 102 Å². The lowest BCUT2D eigenvalue weighted by molar-refractivity contribution is -0.124. The molecule has 0 saturated heterocycles. The molecule has 0 heterocycles. The third kappa shape index (κ3) is 5.14. The topological polar surface area (TPSA) is 110 Å². The number of nitrogens with one attached hydrogen (secondary N) is 2. The minimum Gasteiger partial charge on any atom is -0.368 e. The fraction of sp³-hybridized carbons (Fsp3) is 0.818. The Bertz CT molecular complexity index is 270. The zero-order chi connectivity index (χ0) is 13.5. The van der Waals surface area contributed by atoms with Crippen molar-refractivity contribution in [2.75, 3.05) is 13.6 Å². The average Bonchev–Trinajstić information content (AvgIpc) is 2.24. The van der Waals surface area contributed by atoms with E-state index in [9.17, 15) is 9.59 Å². The van der Waals surface area contributed by atoms with Gasteiger partial charge in [0.25, 0.3) is 0 Å². The van der Waals surface area contributed by atoms with E-state index in [1.54, 1.807) is 14.0 Å². The van der Waals surface area contributed by atoms with Crippen molar-refractivity contribution in [2.24, 2.45) is 11.5 Å². The summed E-state index contributed by atoms with van der Waals surface area (Å²) in [7, 11) is 1.69. The van der Waals surface area contributed by atoms with Crippen LogP contribution in [0.25, 0.3) is 0 Å². The second-order valence-corrected chi connectivity index (χ2v) is 4.36. The van der Waals surface area contributed by atoms with Crippen LogP contribution < -0.4 is 22.1 Å². The molecule has 0 radical (unpaired) electrons. The second-order valence-electron chi connectivity index (χ2n) is 4.36. The maximum Gasteiger partial charge on any atom is 0.237 e. The van der Waals surface area contributed by atoms with E-state index < -0.39 is 5.54 Å². The predicted molar refractivity (Wildman–Crippen MR) is 67.2 cm³/mol. The molecular formula is C11H24N4O2. The fourth-order valence-electron chi connectivity index (χ4n) is 1.78. The first-order valence-corrected chi connectivity index (χ1v) is 5.89. The lowest BCUT2D eigenvalue weighted by atomic mass is 9.92. The van der Waals surface area contributed by atoms with Crippen molar-refractivity contribution in [3.63, 3.8) is 0 Å². The Morgan fingerprint density at radius 2 is 1.94 bits per heavy atom. The number of amides is 2. The summed E-state index contributed by atoms with van der Waals surface area (Å²) in [6, 6.07) is -0.353. The Morgan fingerprint density at radius 1 is 1.35 bits per heavy atom. The van der Waals surface area contributed by atoms with Crippen molar-refractivity contribution in [2.45, 2.75) is 44.7 Å². The smallest absolute Gasteiger partial charge is 0.237 e. The standard InChI is InChI=1S/C11H24N4O2/c1-4-15-11(2,10(13)17)7-5-6-8(14-3)9(12)16/h8,14-15H,4-7H2,1-3H3,(H2,12,16)(H2,13,17). The van der Waals surface area contributed by atoms with E-state index in [1.807, 2.05) is 6.92 Å². The van der Waals surface area contributed by atoms with E-state index in [2.05, 4.69) is 10.6 Å². The first-order valence-electron chi connectivity index (χ1n) is 5.89. The molecule has 2 atom stereocenters. The summed E-state index contributed by atoms with van der Waals surface area (Å²) in [6.07, 6.45) is 1.88. The maximum atomic E-state index is 11.3. The van der Waals surface area contributed by atoms with Gasteiger partial charge in [-0.3, -0.25) is 9.59 Å². The molecule has 6 nitrogen and oxygen atoms in total. The average molecular weight is 244 g/mol. The van der Waals surface area contributed by atoms with Crippen molar-refractivity contribution in [1.29, 1.82) is 0 Å².